The van der Waals surface area contributed by atoms with Gasteiger partial charge < -0.3 is 19.9 Å². The molecule has 0 aromatic heterocycles. The van der Waals surface area contributed by atoms with Crippen molar-refractivity contribution in [2.75, 3.05) is 19.4 Å². The molecule has 0 aliphatic carbocycles. The second-order valence-electron chi connectivity index (χ2n) is 6.18. The maximum absolute atomic E-state index is 12.0. The highest BCUT2D eigenvalue weighted by Crippen LogP contribution is 2.33. The van der Waals surface area contributed by atoms with E-state index >= 15 is 0 Å². The second-order valence-corrected chi connectivity index (χ2v) is 6.18. The van der Waals surface area contributed by atoms with Crippen LogP contribution >= 0.6 is 0 Å². The summed E-state index contributed by atoms with van der Waals surface area (Å²) in [6.45, 7) is 0. The molecular weight excluding hydrogens is 358 g/mol. The molecule has 0 saturated heterocycles. The number of ether oxygens (including phenoxy) is 2. The van der Waals surface area contributed by atoms with Gasteiger partial charge in [0.25, 0.3) is 0 Å². The molecule has 0 heterocycles. The van der Waals surface area contributed by atoms with Crippen LogP contribution in [0.1, 0.15) is 21.5 Å². The number of rotatable bonds is 6. The van der Waals surface area contributed by atoms with Crippen molar-refractivity contribution < 1.29 is 19.5 Å². The van der Waals surface area contributed by atoms with Crippen molar-refractivity contribution in [2.45, 2.75) is 6.42 Å². The van der Waals surface area contributed by atoms with Gasteiger partial charge in [-0.15, -0.1) is 0 Å². The standard InChI is InChI=1S/C22H20NO5/c1-27-21-11-10-15(12-16-6-3-4-9-19(16)22(24)28-2)13-20(21)17-7-5-8-18(14-17)23(25)26/h3-11,13-14,25H,12H2,1-2H3/q-1. The van der Waals surface area contributed by atoms with Crippen molar-refractivity contribution in [3.63, 3.8) is 0 Å². The molecule has 0 aliphatic heterocycles. The quantitative estimate of drug-likeness (QED) is 0.505. The highest BCUT2D eigenvalue weighted by Gasteiger charge is 2.13. The van der Waals surface area contributed by atoms with Gasteiger partial charge in [-0.25, -0.2) is 4.79 Å². The highest BCUT2D eigenvalue weighted by atomic mass is 16.8. The first-order valence-corrected chi connectivity index (χ1v) is 8.63. The number of hydrogen-bond acceptors (Lipinski definition) is 6. The van der Waals surface area contributed by atoms with Gasteiger partial charge in [-0.3, -0.25) is 5.21 Å². The van der Waals surface area contributed by atoms with E-state index in [1.165, 1.54) is 13.2 Å². The molecule has 0 saturated carbocycles. The van der Waals surface area contributed by atoms with E-state index in [0.717, 1.165) is 22.3 Å². The Balaban J connectivity index is 2.01. The summed E-state index contributed by atoms with van der Waals surface area (Å²) in [5.41, 5.74) is 3.96. The van der Waals surface area contributed by atoms with E-state index in [1.807, 2.05) is 36.4 Å². The Morgan fingerprint density at radius 1 is 1.04 bits per heavy atom. The van der Waals surface area contributed by atoms with E-state index < -0.39 is 0 Å². The third-order valence-corrected chi connectivity index (χ3v) is 4.46. The first kappa shape index (κ1) is 19.4. The lowest BCUT2D eigenvalue weighted by Gasteiger charge is -2.22. The number of esters is 1. The number of hydrogen-bond donors (Lipinski definition) is 1. The smallest absolute Gasteiger partial charge is 0.338 e. The van der Waals surface area contributed by atoms with Crippen LogP contribution < -0.4 is 9.96 Å². The fraction of sp³-hybridized carbons (Fsp3) is 0.136. The van der Waals surface area contributed by atoms with E-state index in [-0.39, 0.29) is 16.9 Å². The minimum Gasteiger partial charge on any atom is -0.733 e. The van der Waals surface area contributed by atoms with Crippen LogP contribution in [0.5, 0.6) is 5.75 Å². The van der Waals surface area contributed by atoms with Gasteiger partial charge in [0, 0.05) is 5.56 Å². The Morgan fingerprint density at radius 2 is 1.82 bits per heavy atom. The van der Waals surface area contributed by atoms with Crippen LogP contribution in [0.4, 0.5) is 5.69 Å². The van der Waals surface area contributed by atoms with Crippen molar-refractivity contribution >= 4 is 11.7 Å². The molecule has 0 radical (unpaired) electrons. The fourth-order valence-corrected chi connectivity index (χ4v) is 3.09. The molecule has 0 bridgehead atoms. The molecule has 28 heavy (non-hydrogen) atoms. The molecular formula is C22H20NO5-. The fourth-order valence-electron chi connectivity index (χ4n) is 3.09. The van der Waals surface area contributed by atoms with Gasteiger partial charge in [0.2, 0.25) is 0 Å². The van der Waals surface area contributed by atoms with Crippen LogP contribution in [0.2, 0.25) is 0 Å². The minimum absolute atomic E-state index is 0.126. The summed E-state index contributed by atoms with van der Waals surface area (Å²) < 4.78 is 10.3. The summed E-state index contributed by atoms with van der Waals surface area (Å²) in [7, 11) is 2.93. The Morgan fingerprint density at radius 3 is 2.54 bits per heavy atom. The van der Waals surface area contributed by atoms with Crippen LogP contribution in [0.15, 0.2) is 66.7 Å². The van der Waals surface area contributed by atoms with Gasteiger partial charge >= 0.3 is 5.97 Å². The summed E-state index contributed by atoms with van der Waals surface area (Å²) in [6, 6.07) is 19.6. The van der Waals surface area contributed by atoms with E-state index in [0.29, 0.717) is 17.7 Å². The number of carbonyl (C=O) groups is 1. The van der Waals surface area contributed by atoms with Gasteiger partial charge in [0.15, 0.2) is 0 Å². The predicted molar refractivity (Wildman–Crippen MR) is 107 cm³/mol. The van der Waals surface area contributed by atoms with E-state index in [1.54, 1.807) is 31.4 Å². The molecule has 3 rings (SSSR count). The summed E-state index contributed by atoms with van der Waals surface area (Å²) in [5, 5.41) is 20.2. The monoisotopic (exact) mass is 378 g/mol. The summed E-state index contributed by atoms with van der Waals surface area (Å²) in [5.74, 6) is 0.257. The third kappa shape index (κ3) is 4.14. The summed E-state index contributed by atoms with van der Waals surface area (Å²) in [4.78, 5) is 12.0. The number of nitrogens with zero attached hydrogens (tertiary/aromatic N) is 1. The van der Waals surface area contributed by atoms with Crippen LogP contribution in [0.3, 0.4) is 0 Å². The topological polar surface area (TPSA) is 82.1 Å². The van der Waals surface area contributed by atoms with Gasteiger partial charge in [-0.05, 0) is 53.4 Å². The van der Waals surface area contributed by atoms with Crippen LogP contribution in [-0.2, 0) is 11.2 Å². The minimum atomic E-state index is -0.379. The average molecular weight is 378 g/mol. The molecule has 0 atom stereocenters. The molecule has 0 amide bonds. The molecule has 0 unspecified atom stereocenters. The van der Waals surface area contributed by atoms with Crippen molar-refractivity contribution in [3.8, 4) is 16.9 Å². The van der Waals surface area contributed by atoms with Crippen LogP contribution in [0, 0.1) is 5.21 Å². The molecule has 0 fully saturated rings. The molecule has 3 aromatic rings. The SMILES string of the molecule is COC(=O)c1ccccc1Cc1ccc(OC)c(-c2cccc(N([O-])O)c2)c1. The lowest BCUT2D eigenvalue weighted by atomic mass is 9.96. The lowest BCUT2D eigenvalue weighted by Crippen LogP contribution is -2.07. The van der Waals surface area contributed by atoms with Crippen LogP contribution in [-0.4, -0.2) is 25.4 Å². The van der Waals surface area contributed by atoms with Gasteiger partial charge in [0.1, 0.15) is 5.75 Å². The van der Waals surface area contributed by atoms with Gasteiger partial charge in [-0.1, -0.05) is 36.4 Å². The summed E-state index contributed by atoms with van der Waals surface area (Å²) >= 11 is 0. The summed E-state index contributed by atoms with van der Waals surface area (Å²) in [6.07, 6.45) is 0.523. The van der Waals surface area contributed by atoms with Crippen molar-refractivity contribution in [1.82, 2.24) is 0 Å². The number of carbonyl (C=O) groups excluding carboxylic acids is 1. The second kappa shape index (κ2) is 8.56. The highest BCUT2D eigenvalue weighted by molar-refractivity contribution is 5.91. The third-order valence-electron chi connectivity index (χ3n) is 4.46. The molecule has 6 heteroatoms. The van der Waals surface area contributed by atoms with Crippen molar-refractivity contribution in [3.05, 3.63) is 88.6 Å². The van der Waals surface area contributed by atoms with E-state index in [4.69, 9.17) is 9.47 Å². The zero-order chi connectivity index (χ0) is 20.1. The lowest BCUT2D eigenvalue weighted by molar-refractivity contribution is 0.0599. The normalized spacial score (nSPS) is 10.4. The number of anilines is 1. The maximum Gasteiger partial charge on any atom is 0.338 e. The largest absolute Gasteiger partial charge is 0.733 e. The maximum atomic E-state index is 12.0. The molecule has 0 aliphatic rings. The van der Waals surface area contributed by atoms with Gasteiger partial charge in [0.05, 0.1) is 25.5 Å². The number of benzene rings is 3. The zero-order valence-corrected chi connectivity index (χ0v) is 15.6. The first-order valence-electron chi connectivity index (χ1n) is 8.63. The first-order chi connectivity index (χ1) is 13.5. The zero-order valence-electron chi connectivity index (χ0n) is 15.6. The Kier molecular flexibility index (Phi) is 5.93. The van der Waals surface area contributed by atoms with Crippen LogP contribution in [0.25, 0.3) is 11.1 Å². The Hall–Kier alpha value is -3.35. The number of methoxy groups -OCH3 is 2. The Bertz CT molecular complexity index is 984. The van der Waals surface area contributed by atoms with E-state index in [9.17, 15) is 15.2 Å². The van der Waals surface area contributed by atoms with Crippen molar-refractivity contribution in [1.29, 1.82) is 0 Å². The molecule has 1 N–H and O–H groups in total. The molecule has 6 nitrogen and oxygen atoms in total. The molecule has 0 spiro atoms. The van der Waals surface area contributed by atoms with Gasteiger partial charge in [-0.2, -0.15) is 0 Å². The average Bonchev–Trinajstić information content (AvgIpc) is 2.73. The molecule has 3 aromatic carbocycles. The Labute approximate surface area is 163 Å². The van der Waals surface area contributed by atoms with E-state index in [2.05, 4.69) is 0 Å². The van der Waals surface area contributed by atoms with Crippen molar-refractivity contribution in [2.24, 2.45) is 0 Å². The molecule has 144 valence electrons. The predicted octanol–water partition coefficient (Wildman–Crippen LogP) is 4.43.